The van der Waals surface area contributed by atoms with Crippen molar-refractivity contribution in [1.82, 2.24) is 4.98 Å². The average Bonchev–Trinajstić information content (AvgIpc) is 2.13. The predicted octanol–water partition coefficient (Wildman–Crippen LogP) is 1.92. The van der Waals surface area contributed by atoms with Crippen LogP contribution in [0.2, 0.25) is 4.34 Å². The molecule has 0 radical (unpaired) electrons. The lowest BCUT2D eigenvalue weighted by Crippen LogP contribution is -1.75. The van der Waals surface area contributed by atoms with E-state index in [1.807, 2.05) is 0 Å². The summed E-state index contributed by atoms with van der Waals surface area (Å²) < 4.78 is 0.595. The quantitative estimate of drug-likeness (QED) is 0.589. The Bertz CT molecular complexity index is 213. The molecule has 0 fully saturated rings. The number of aromatic nitrogens is 1. The lowest BCUT2D eigenvalue weighted by Gasteiger charge is -1.74. The van der Waals surface area contributed by atoms with Gasteiger partial charge < -0.3 is 0 Å². The Morgan fingerprint density at radius 2 is 2.44 bits per heavy atom. The van der Waals surface area contributed by atoms with Crippen molar-refractivity contribution in [2.75, 3.05) is 0 Å². The van der Waals surface area contributed by atoms with Crippen LogP contribution in [0.1, 0.15) is 15.5 Å². The number of halogens is 1. The molecule has 1 heterocycles. The molecule has 0 aliphatic rings. The van der Waals surface area contributed by atoms with E-state index in [-0.39, 0.29) is 0 Å². The van der Waals surface area contributed by atoms with Gasteiger partial charge in [-0.3, -0.25) is 4.79 Å². The monoisotopic (exact) mass is 161 g/mol. The molecule has 0 saturated carbocycles. The highest BCUT2D eigenvalue weighted by molar-refractivity contribution is 7.17. The molecule has 0 aromatic carbocycles. The van der Waals surface area contributed by atoms with Crippen molar-refractivity contribution < 1.29 is 4.79 Å². The van der Waals surface area contributed by atoms with Crippen molar-refractivity contribution in [3.05, 3.63) is 15.0 Å². The van der Waals surface area contributed by atoms with Crippen LogP contribution in [0.25, 0.3) is 0 Å². The molecule has 0 unspecified atom stereocenters. The highest BCUT2D eigenvalue weighted by atomic mass is 35.5. The summed E-state index contributed by atoms with van der Waals surface area (Å²) in [5.41, 5.74) is 0.726. The first kappa shape index (κ1) is 6.71. The molecule has 0 N–H and O–H groups in total. The smallest absolute Gasteiger partial charge is 0.178 e. The zero-order chi connectivity index (χ0) is 6.85. The fraction of sp³-hybridized carbons (Fsp3) is 0.200. The summed E-state index contributed by atoms with van der Waals surface area (Å²) in [4.78, 5) is 13.9. The van der Waals surface area contributed by atoms with Crippen molar-refractivity contribution in [2.45, 2.75) is 6.92 Å². The Labute approximate surface area is 61.5 Å². The van der Waals surface area contributed by atoms with Crippen LogP contribution in [-0.2, 0) is 0 Å². The Hall–Kier alpha value is -0.410. The molecule has 0 bridgehead atoms. The van der Waals surface area contributed by atoms with Gasteiger partial charge >= 0.3 is 0 Å². The molecule has 1 aromatic heterocycles. The van der Waals surface area contributed by atoms with Gasteiger partial charge in [-0.05, 0) is 6.92 Å². The van der Waals surface area contributed by atoms with Crippen LogP contribution in [0.4, 0.5) is 0 Å². The van der Waals surface area contributed by atoms with E-state index in [9.17, 15) is 4.79 Å². The molecule has 0 atom stereocenters. The molecular weight excluding hydrogens is 158 g/mol. The highest BCUT2D eigenvalue weighted by Crippen LogP contribution is 2.21. The Morgan fingerprint density at radius 3 is 2.67 bits per heavy atom. The maximum Gasteiger partial charge on any atom is 0.178 e. The van der Waals surface area contributed by atoms with Gasteiger partial charge in [-0.1, -0.05) is 22.9 Å². The molecular formula is C5H4ClNOS. The maximum atomic E-state index is 10.1. The number of aryl methyl sites for hydroxylation is 1. The zero-order valence-corrected chi connectivity index (χ0v) is 6.29. The van der Waals surface area contributed by atoms with E-state index in [4.69, 9.17) is 11.6 Å². The van der Waals surface area contributed by atoms with E-state index < -0.39 is 0 Å². The Morgan fingerprint density at radius 1 is 1.78 bits per heavy atom. The second kappa shape index (κ2) is 2.45. The first-order chi connectivity index (χ1) is 4.24. The molecule has 2 nitrogen and oxygen atoms in total. The number of nitrogens with zero attached hydrogens (tertiary/aromatic N) is 1. The second-order valence-electron chi connectivity index (χ2n) is 1.53. The third-order valence-corrected chi connectivity index (χ3v) is 2.23. The fourth-order valence-electron chi connectivity index (χ4n) is 0.448. The molecule has 0 amide bonds. The molecule has 0 saturated heterocycles. The van der Waals surface area contributed by atoms with Crippen LogP contribution in [-0.4, -0.2) is 11.3 Å². The number of carbonyl (C=O) groups excluding carboxylic acids is 1. The van der Waals surface area contributed by atoms with Gasteiger partial charge in [-0.15, -0.1) is 0 Å². The standard InChI is InChI=1S/C5H4ClNOS/c1-3-5(6)9-4(2-8)7-3/h2H,1H3. The van der Waals surface area contributed by atoms with E-state index >= 15 is 0 Å². The largest absolute Gasteiger partial charge is 0.295 e. The zero-order valence-electron chi connectivity index (χ0n) is 4.72. The summed E-state index contributed by atoms with van der Waals surface area (Å²) in [6, 6.07) is 0. The number of hydrogen-bond donors (Lipinski definition) is 0. The fourth-order valence-corrected chi connectivity index (χ4v) is 1.34. The van der Waals surface area contributed by atoms with Crippen molar-refractivity contribution >= 4 is 29.2 Å². The highest BCUT2D eigenvalue weighted by Gasteiger charge is 2.01. The molecule has 9 heavy (non-hydrogen) atoms. The summed E-state index contributed by atoms with van der Waals surface area (Å²) in [7, 11) is 0. The molecule has 1 aromatic rings. The van der Waals surface area contributed by atoms with E-state index in [1.54, 1.807) is 6.92 Å². The van der Waals surface area contributed by atoms with Crippen LogP contribution in [0.3, 0.4) is 0 Å². The predicted molar refractivity (Wildman–Crippen MR) is 37.2 cm³/mol. The third kappa shape index (κ3) is 1.28. The number of aldehydes is 1. The van der Waals surface area contributed by atoms with Crippen LogP contribution < -0.4 is 0 Å². The van der Waals surface area contributed by atoms with Gasteiger partial charge in [0.05, 0.1) is 5.69 Å². The number of carbonyl (C=O) groups is 1. The summed E-state index contributed by atoms with van der Waals surface area (Å²) in [5, 5.41) is 0.442. The van der Waals surface area contributed by atoms with E-state index in [0.717, 1.165) is 5.69 Å². The van der Waals surface area contributed by atoms with Gasteiger partial charge in [0.25, 0.3) is 0 Å². The van der Waals surface area contributed by atoms with Gasteiger partial charge in [0.15, 0.2) is 11.3 Å². The summed E-state index contributed by atoms with van der Waals surface area (Å²) in [6.45, 7) is 1.77. The lowest BCUT2D eigenvalue weighted by atomic mass is 10.6. The average molecular weight is 162 g/mol. The third-order valence-electron chi connectivity index (χ3n) is 0.857. The van der Waals surface area contributed by atoms with Crippen LogP contribution >= 0.6 is 22.9 Å². The topological polar surface area (TPSA) is 30.0 Å². The van der Waals surface area contributed by atoms with Crippen LogP contribution in [0.15, 0.2) is 0 Å². The number of thiazole rings is 1. The van der Waals surface area contributed by atoms with Gasteiger partial charge in [-0.25, -0.2) is 4.98 Å². The molecule has 0 aliphatic heterocycles. The first-order valence-corrected chi connectivity index (χ1v) is 3.51. The molecule has 0 aliphatic carbocycles. The van der Waals surface area contributed by atoms with Crippen molar-refractivity contribution in [3.8, 4) is 0 Å². The molecule has 0 spiro atoms. The molecule has 1 rings (SSSR count). The Balaban J connectivity index is 3.11. The Kier molecular flexibility index (Phi) is 1.83. The molecule has 4 heteroatoms. The minimum absolute atomic E-state index is 0.442. The van der Waals surface area contributed by atoms with E-state index in [2.05, 4.69) is 4.98 Å². The van der Waals surface area contributed by atoms with Crippen molar-refractivity contribution in [2.24, 2.45) is 0 Å². The van der Waals surface area contributed by atoms with Gasteiger partial charge in [0, 0.05) is 0 Å². The second-order valence-corrected chi connectivity index (χ2v) is 3.16. The minimum Gasteiger partial charge on any atom is -0.295 e. The SMILES string of the molecule is Cc1nc(C=O)sc1Cl. The van der Waals surface area contributed by atoms with Gasteiger partial charge in [0.1, 0.15) is 4.34 Å². The molecule has 48 valence electrons. The summed E-state index contributed by atoms with van der Waals surface area (Å²) in [5.74, 6) is 0. The summed E-state index contributed by atoms with van der Waals surface area (Å²) >= 11 is 6.81. The number of hydrogen-bond acceptors (Lipinski definition) is 3. The van der Waals surface area contributed by atoms with E-state index in [0.29, 0.717) is 15.6 Å². The maximum absolute atomic E-state index is 10.1. The lowest BCUT2D eigenvalue weighted by molar-refractivity contribution is 0.112. The number of rotatable bonds is 1. The van der Waals surface area contributed by atoms with Gasteiger partial charge in [-0.2, -0.15) is 0 Å². The minimum atomic E-state index is 0.442. The normalized spacial score (nSPS) is 9.56. The van der Waals surface area contributed by atoms with Crippen LogP contribution in [0.5, 0.6) is 0 Å². The van der Waals surface area contributed by atoms with Crippen molar-refractivity contribution in [3.63, 3.8) is 0 Å². The first-order valence-electron chi connectivity index (χ1n) is 2.32. The summed E-state index contributed by atoms with van der Waals surface area (Å²) in [6.07, 6.45) is 0.698. The van der Waals surface area contributed by atoms with Crippen LogP contribution in [0, 0.1) is 6.92 Å². The van der Waals surface area contributed by atoms with E-state index in [1.165, 1.54) is 11.3 Å². The van der Waals surface area contributed by atoms with Gasteiger partial charge in [0.2, 0.25) is 0 Å². The van der Waals surface area contributed by atoms with Crippen molar-refractivity contribution in [1.29, 1.82) is 0 Å².